The molecule has 0 aliphatic rings. The van der Waals surface area contributed by atoms with Crippen LogP contribution in [0.25, 0.3) is 10.9 Å². The number of amides is 1. The molecule has 1 unspecified atom stereocenters. The number of hydrogen-bond acceptors (Lipinski definition) is 4. The molecule has 1 atom stereocenters. The maximum absolute atomic E-state index is 12.0. The maximum Gasteiger partial charge on any atom is 0.269 e. The quantitative estimate of drug-likeness (QED) is 0.419. The molecule has 1 heterocycles. The highest BCUT2D eigenvalue weighted by atomic mass is 16.6. The number of aromatic nitrogens is 1. The van der Waals surface area contributed by atoms with Gasteiger partial charge in [-0.3, -0.25) is 14.9 Å². The second-order valence-corrected chi connectivity index (χ2v) is 6.38. The van der Waals surface area contributed by atoms with Crippen molar-refractivity contribution in [2.45, 2.75) is 25.4 Å². The van der Waals surface area contributed by atoms with Crippen molar-refractivity contribution in [1.82, 2.24) is 10.3 Å². The molecule has 0 aliphatic carbocycles. The molecular formula is C20H21N3O4. The molecule has 0 radical (unpaired) electrons. The number of carbonyl (C=O) groups excluding carboxylic acids is 1. The Bertz CT molecular complexity index is 934. The monoisotopic (exact) mass is 367 g/mol. The van der Waals surface area contributed by atoms with Crippen molar-refractivity contribution in [3.63, 3.8) is 0 Å². The zero-order valence-electron chi connectivity index (χ0n) is 14.7. The molecule has 0 bridgehead atoms. The number of aliphatic hydroxyl groups is 1. The van der Waals surface area contributed by atoms with Crippen molar-refractivity contribution >= 4 is 22.5 Å². The second kappa shape index (κ2) is 8.46. The smallest absolute Gasteiger partial charge is 0.269 e. The number of hydrogen-bond donors (Lipinski definition) is 3. The number of fused-ring (bicyclic) bond motifs is 1. The number of nitro benzene ring substituents is 1. The van der Waals surface area contributed by atoms with E-state index >= 15 is 0 Å². The van der Waals surface area contributed by atoms with E-state index in [-0.39, 0.29) is 18.1 Å². The molecular weight excluding hydrogens is 346 g/mol. The molecule has 1 amide bonds. The van der Waals surface area contributed by atoms with Crippen molar-refractivity contribution in [3.8, 4) is 0 Å². The van der Waals surface area contributed by atoms with E-state index in [1.165, 1.54) is 35.2 Å². The maximum atomic E-state index is 12.0. The largest absolute Gasteiger partial charge is 0.387 e. The van der Waals surface area contributed by atoms with Crippen molar-refractivity contribution in [1.29, 1.82) is 0 Å². The lowest BCUT2D eigenvalue weighted by Crippen LogP contribution is -2.28. The third-order valence-corrected chi connectivity index (χ3v) is 4.51. The molecule has 2 aromatic carbocycles. The van der Waals surface area contributed by atoms with Crippen LogP contribution in [0.15, 0.2) is 54.7 Å². The number of para-hydroxylation sites is 1. The van der Waals surface area contributed by atoms with Crippen molar-refractivity contribution in [3.05, 3.63) is 76.0 Å². The van der Waals surface area contributed by atoms with Crippen molar-refractivity contribution in [2.24, 2.45) is 0 Å². The summed E-state index contributed by atoms with van der Waals surface area (Å²) in [6.45, 7) is 0.0731. The van der Waals surface area contributed by atoms with Crippen LogP contribution in [-0.4, -0.2) is 27.5 Å². The highest BCUT2D eigenvalue weighted by Gasteiger charge is 2.12. The zero-order chi connectivity index (χ0) is 19.2. The van der Waals surface area contributed by atoms with Gasteiger partial charge < -0.3 is 15.4 Å². The Morgan fingerprint density at radius 1 is 1.19 bits per heavy atom. The molecule has 3 N–H and O–H groups in total. The van der Waals surface area contributed by atoms with Crippen LogP contribution in [0.5, 0.6) is 0 Å². The number of carbonyl (C=O) groups is 1. The molecule has 7 nitrogen and oxygen atoms in total. The number of aromatic amines is 1. The Kier molecular flexibility index (Phi) is 5.83. The van der Waals surface area contributed by atoms with E-state index in [1.54, 1.807) is 0 Å². The van der Waals surface area contributed by atoms with Gasteiger partial charge in [0.05, 0.1) is 11.0 Å². The average Bonchev–Trinajstić information content (AvgIpc) is 3.09. The van der Waals surface area contributed by atoms with Crippen molar-refractivity contribution in [2.75, 3.05) is 6.54 Å². The van der Waals surface area contributed by atoms with Crippen LogP contribution in [0.4, 0.5) is 5.69 Å². The van der Waals surface area contributed by atoms with Gasteiger partial charge >= 0.3 is 0 Å². The summed E-state index contributed by atoms with van der Waals surface area (Å²) in [6, 6.07) is 13.7. The van der Waals surface area contributed by atoms with Gasteiger partial charge in [-0.15, -0.1) is 0 Å². The van der Waals surface area contributed by atoms with Gasteiger partial charge in [0.25, 0.3) is 5.69 Å². The standard InChI is InChI=1S/C20H21N3O4/c24-19(14-8-10-16(11-9-14)23(26)27)13-22-20(25)7-3-4-15-12-21-18-6-2-1-5-17(15)18/h1-2,5-6,8-12,19,21,24H,3-4,7,13H2,(H,22,25). The van der Waals surface area contributed by atoms with Crippen LogP contribution >= 0.6 is 0 Å². The number of H-pyrrole nitrogens is 1. The predicted octanol–water partition coefficient (Wildman–Crippen LogP) is 3.25. The van der Waals surface area contributed by atoms with E-state index in [4.69, 9.17) is 0 Å². The molecule has 1 aromatic heterocycles. The number of non-ortho nitro benzene ring substituents is 1. The Morgan fingerprint density at radius 2 is 1.93 bits per heavy atom. The summed E-state index contributed by atoms with van der Waals surface area (Å²) in [4.78, 5) is 25.4. The number of rotatable bonds is 8. The molecule has 27 heavy (non-hydrogen) atoms. The molecule has 3 aromatic rings. The lowest BCUT2D eigenvalue weighted by Gasteiger charge is -2.12. The molecule has 140 valence electrons. The van der Waals surface area contributed by atoms with Gasteiger partial charge in [-0.2, -0.15) is 0 Å². The van der Waals surface area contributed by atoms with Gasteiger partial charge in [0.1, 0.15) is 0 Å². The minimum atomic E-state index is -0.900. The van der Waals surface area contributed by atoms with Crippen LogP contribution in [0.1, 0.15) is 30.1 Å². The molecule has 3 rings (SSSR count). The first-order valence-corrected chi connectivity index (χ1v) is 8.78. The zero-order valence-corrected chi connectivity index (χ0v) is 14.7. The van der Waals surface area contributed by atoms with Gasteiger partial charge in [0.15, 0.2) is 0 Å². The van der Waals surface area contributed by atoms with Crippen LogP contribution in [-0.2, 0) is 11.2 Å². The second-order valence-electron chi connectivity index (χ2n) is 6.38. The van der Waals surface area contributed by atoms with E-state index in [0.717, 1.165) is 11.9 Å². The normalized spacial score (nSPS) is 12.0. The molecule has 7 heteroatoms. The summed E-state index contributed by atoms with van der Waals surface area (Å²) in [7, 11) is 0. The number of nitrogens with one attached hydrogen (secondary N) is 2. The summed E-state index contributed by atoms with van der Waals surface area (Å²) in [5.41, 5.74) is 2.76. The fraction of sp³-hybridized carbons (Fsp3) is 0.250. The van der Waals surface area contributed by atoms with Gasteiger partial charge in [-0.05, 0) is 42.2 Å². The van der Waals surface area contributed by atoms with Gasteiger partial charge in [0.2, 0.25) is 5.91 Å². The lowest BCUT2D eigenvalue weighted by molar-refractivity contribution is -0.384. The van der Waals surface area contributed by atoms with Gasteiger partial charge in [-0.1, -0.05) is 18.2 Å². The summed E-state index contributed by atoms with van der Waals surface area (Å²) >= 11 is 0. The molecule has 0 saturated heterocycles. The van der Waals surface area contributed by atoms with Crippen LogP contribution in [0, 0.1) is 10.1 Å². The van der Waals surface area contributed by atoms with Crippen LogP contribution in [0.3, 0.4) is 0 Å². The fourth-order valence-electron chi connectivity index (χ4n) is 3.01. The highest BCUT2D eigenvalue weighted by molar-refractivity contribution is 5.83. The van der Waals surface area contributed by atoms with Gasteiger partial charge in [0, 0.05) is 42.2 Å². The Labute approximate surface area is 156 Å². The first kappa shape index (κ1) is 18.6. The number of aryl methyl sites for hydroxylation is 1. The first-order chi connectivity index (χ1) is 13.0. The van der Waals surface area contributed by atoms with Crippen LogP contribution < -0.4 is 5.32 Å². The summed E-state index contributed by atoms with van der Waals surface area (Å²) in [5, 5.41) is 24.6. The molecule has 0 fully saturated rings. The molecule has 0 spiro atoms. The van der Waals surface area contributed by atoms with E-state index in [2.05, 4.69) is 16.4 Å². The molecule has 0 saturated carbocycles. The van der Waals surface area contributed by atoms with Gasteiger partial charge in [-0.25, -0.2) is 0 Å². The third kappa shape index (κ3) is 4.71. The topological polar surface area (TPSA) is 108 Å². The lowest BCUT2D eigenvalue weighted by atomic mass is 10.1. The number of nitrogens with zero attached hydrogens (tertiary/aromatic N) is 1. The fourth-order valence-corrected chi connectivity index (χ4v) is 3.01. The average molecular weight is 367 g/mol. The summed E-state index contributed by atoms with van der Waals surface area (Å²) in [6.07, 6.45) is 2.94. The number of aliphatic hydroxyl groups excluding tert-OH is 1. The Balaban J connectivity index is 1.43. The first-order valence-electron chi connectivity index (χ1n) is 8.78. The minimum Gasteiger partial charge on any atom is -0.387 e. The van der Waals surface area contributed by atoms with Crippen LogP contribution in [0.2, 0.25) is 0 Å². The summed E-state index contributed by atoms with van der Waals surface area (Å²) in [5.74, 6) is -0.129. The SMILES string of the molecule is O=C(CCCc1c[nH]c2ccccc12)NCC(O)c1ccc([N+](=O)[O-])cc1. The summed E-state index contributed by atoms with van der Waals surface area (Å²) < 4.78 is 0. The number of benzene rings is 2. The molecule has 0 aliphatic heterocycles. The Hall–Kier alpha value is -3.19. The van der Waals surface area contributed by atoms with E-state index in [0.29, 0.717) is 18.4 Å². The highest BCUT2D eigenvalue weighted by Crippen LogP contribution is 2.20. The predicted molar refractivity (Wildman–Crippen MR) is 102 cm³/mol. The van der Waals surface area contributed by atoms with E-state index in [1.807, 2.05) is 24.4 Å². The van der Waals surface area contributed by atoms with E-state index in [9.17, 15) is 20.0 Å². The van der Waals surface area contributed by atoms with E-state index < -0.39 is 11.0 Å². The Morgan fingerprint density at radius 3 is 2.67 bits per heavy atom. The third-order valence-electron chi connectivity index (χ3n) is 4.51. The van der Waals surface area contributed by atoms with Crippen molar-refractivity contribution < 1.29 is 14.8 Å². The number of nitro groups is 1. The minimum absolute atomic E-state index is 0.0349.